The molecule has 4 aromatic rings. The Morgan fingerprint density at radius 2 is 1.65 bits per heavy atom. The summed E-state index contributed by atoms with van der Waals surface area (Å²) in [5, 5.41) is 4.62. The van der Waals surface area contributed by atoms with Crippen molar-refractivity contribution in [3.8, 4) is 5.69 Å². The fourth-order valence-corrected chi connectivity index (χ4v) is 3.83. The van der Waals surface area contributed by atoms with Crippen LogP contribution < -0.4 is 11.3 Å². The second-order valence-electron chi connectivity index (χ2n) is 6.01. The van der Waals surface area contributed by atoms with Gasteiger partial charge >= 0.3 is 0 Å². The molecule has 0 aliphatic heterocycles. The Morgan fingerprint density at radius 1 is 1.00 bits per heavy atom. The molecule has 4 rings (SSSR count). The highest BCUT2D eigenvalue weighted by Crippen LogP contribution is 2.30. The summed E-state index contributed by atoms with van der Waals surface area (Å²) in [4.78, 5) is 15.3. The number of aromatic nitrogens is 3. The molecule has 0 aliphatic carbocycles. The van der Waals surface area contributed by atoms with Crippen LogP contribution in [0, 0.1) is 0 Å². The Bertz CT molecular complexity index is 1100. The first-order chi connectivity index (χ1) is 12.6. The van der Waals surface area contributed by atoms with Crippen LogP contribution in [0.1, 0.15) is 18.8 Å². The molecular formula is C20H18N4OS. The summed E-state index contributed by atoms with van der Waals surface area (Å²) < 4.78 is 3.24. The molecule has 2 aromatic heterocycles. The van der Waals surface area contributed by atoms with Crippen LogP contribution >= 0.6 is 11.8 Å². The molecule has 6 heteroatoms. The normalized spacial score (nSPS) is 12.4. The molecule has 1 atom stereocenters. The molecule has 2 heterocycles. The summed E-state index contributed by atoms with van der Waals surface area (Å²) >= 11 is 1.55. The Hall–Kier alpha value is -2.83. The Morgan fingerprint density at radius 3 is 2.31 bits per heavy atom. The molecule has 0 fully saturated rings. The third kappa shape index (κ3) is 2.94. The monoisotopic (exact) mass is 362 g/mol. The maximum absolute atomic E-state index is 13.4. The van der Waals surface area contributed by atoms with E-state index in [0.717, 1.165) is 15.5 Å². The number of fused-ring (bicyclic) bond motifs is 1. The van der Waals surface area contributed by atoms with E-state index in [1.807, 2.05) is 79.9 Å². The van der Waals surface area contributed by atoms with E-state index < -0.39 is 0 Å². The van der Waals surface area contributed by atoms with Crippen molar-refractivity contribution in [2.75, 3.05) is 0 Å². The van der Waals surface area contributed by atoms with Crippen molar-refractivity contribution < 1.29 is 0 Å². The maximum Gasteiger partial charge on any atom is 0.283 e. The minimum absolute atomic E-state index is 0.123. The van der Waals surface area contributed by atoms with E-state index in [1.165, 1.54) is 0 Å². The van der Waals surface area contributed by atoms with E-state index in [0.29, 0.717) is 11.3 Å². The molecular weight excluding hydrogens is 344 g/mol. The zero-order valence-corrected chi connectivity index (χ0v) is 15.1. The zero-order valence-electron chi connectivity index (χ0n) is 14.2. The first-order valence-electron chi connectivity index (χ1n) is 8.33. The summed E-state index contributed by atoms with van der Waals surface area (Å²) in [6, 6.07) is 21.0. The second-order valence-corrected chi connectivity index (χ2v) is 7.13. The predicted molar refractivity (Wildman–Crippen MR) is 104 cm³/mol. The highest BCUT2D eigenvalue weighted by Gasteiger charge is 2.18. The molecule has 130 valence electrons. The lowest BCUT2D eigenvalue weighted by Gasteiger charge is -2.15. The topological polar surface area (TPSA) is 65.3 Å². The predicted octanol–water partition coefficient (Wildman–Crippen LogP) is 3.66. The lowest BCUT2D eigenvalue weighted by atomic mass is 10.2. The first kappa shape index (κ1) is 16.6. The van der Waals surface area contributed by atoms with Gasteiger partial charge in [0, 0.05) is 16.0 Å². The third-order valence-electron chi connectivity index (χ3n) is 4.07. The van der Waals surface area contributed by atoms with Gasteiger partial charge in [0.2, 0.25) is 0 Å². The van der Waals surface area contributed by atoms with Crippen LogP contribution in [0.5, 0.6) is 0 Å². The molecule has 26 heavy (non-hydrogen) atoms. The van der Waals surface area contributed by atoms with Gasteiger partial charge in [0.05, 0.1) is 11.7 Å². The third-order valence-corrected chi connectivity index (χ3v) is 5.12. The average Bonchev–Trinajstić information content (AvgIpc) is 3.06. The SMILES string of the molecule is C[C@H](N)c1nn2ccc(Sc3ccccc3)c2c(=O)n1-c1ccccc1. The van der Waals surface area contributed by atoms with Crippen LogP contribution in [-0.4, -0.2) is 14.2 Å². The minimum Gasteiger partial charge on any atom is -0.322 e. The van der Waals surface area contributed by atoms with Gasteiger partial charge in [-0.25, -0.2) is 4.52 Å². The van der Waals surface area contributed by atoms with Crippen LogP contribution in [0.25, 0.3) is 11.2 Å². The molecule has 0 amide bonds. The minimum atomic E-state index is -0.375. The lowest BCUT2D eigenvalue weighted by molar-refractivity contribution is 0.646. The number of benzene rings is 2. The number of hydrogen-bond donors (Lipinski definition) is 1. The molecule has 0 spiro atoms. The summed E-state index contributed by atoms with van der Waals surface area (Å²) in [6.45, 7) is 1.83. The first-order valence-corrected chi connectivity index (χ1v) is 9.15. The summed E-state index contributed by atoms with van der Waals surface area (Å²) in [5.41, 5.74) is 7.29. The van der Waals surface area contributed by atoms with Gasteiger partial charge in [-0.05, 0) is 37.3 Å². The molecule has 0 saturated heterocycles. The van der Waals surface area contributed by atoms with Crippen LogP contribution in [0.15, 0.2) is 87.5 Å². The van der Waals surface area contributed by atoms with Crippen LogP contribution in [0.4, 0.5) is 0 Å². The van der Waals surface area contributed by atoms with Gasteiger partial charge in [-0.2, -0.15) is 5.10 Å². The number of nitrogens with zero attached hydrogens (tertiary/aromatic N) is 3. The van der Waals surface area contributed by atoms with Crippen molar-refractivity contribution in [2.24, 2.45) is 5.73 Å². The average molecular weight is 362 g/mol. The van der Waals surface area contributed by atoms with Gasteiger partial charge in [-0.15, -0.1) is 0 Å². The highest BCUT2D eigenvalue weighted by atomic mass is 32.2. The zero-order chi connectivity index (χ0) is 18.1. The molecule has 5 nitrogen and oxygen atoms in total. The highest BCUT2D eigenvalue weighted by molar-refractivity contribution is 7.99. The fraction of sp³-hybridized carbons (Fsp3) is 0.100. The van der Waals surface area contributed by atoms with Crippen molar-refractivity contribution >= 4 is 17.3 Å². The van der Waals surface area contributed by atoms with Crippen molar-refractivity contribution in [1.29, 1.82) is 0 Å². The van der Waals surface area contributed by atoms with Crippen LogP contribution in [0.2, 0.25) is 0 Å². The van der Waals surface area contributed by atoms with Gasteiger partial charge in [0.25, 0.3) is 5.56 Å². The van der Waals surface area contributed by atoms with E-state index in [1.54, 1.807) is 20.8 Å². The van der Waals surface area contributed by atoms with E-state index in [-0.39, 0.29) is 11.6 Å². The van der Waals surface area contributed by atoms with Gasteiger partial charge in [-0.1, -0.05) is 48.2 Å². The Balaban J connectivity index is 1.95. The summed E-state index contributed by atoms with van der Waals surface area (Å²) in [7, 11) is 0. The van der Waals surface area contributed by atoms with Crippen molar-refractivity contribution in [3.05, 3.63) is 89.1 Å². The van der Waals surface area contributed by atoms with E-state index in [9.17, 15) is 4.79 Å². The largest absolute Gasteiger partial charge is 0.322 e. The smallest absolute Gasteiger partial charge is 0.283 e. The number of nitrogens with two attached hydrogens (primary N) is 1. The van der Waals surface area contributed by atoms with E-state index in [2.05, 4.69) is 5.10 Å². The van der Waals surface area contributed by atoms with Crippen molar-refractivity contribution in [1.82, 2.24) is 14.2 Å². The molecule has 0 saturated carbocycles. The van der Waals surface area contributed by atoms with E-state index in [4.69, 9.17) is 5.73 Å². The number of rotatable bonds is 4. The molecule has 0 aliphatic rings. The van der Waals surface area contributed by atoms with Crippen molar-refractivity contribution in [3.63, 3.8) is 0 Å². The van der Waals surface area contributed by atoms with Crippen LogP contribution in [-0.2, 0) is 0 Å². The van der Waals surface area contributed by atoms with Gasteiger partial charge in [-0.3, -0.25) is 9.36 Å². The Labute approximate surface area is 155 Å². The van der Waals surface area contributed by atoms with Gasteiger partial charge < -0.3 is 5.73 Å². The molecule has 2 N–H and O–H groups in total. The quantitative estimate of drug-likeness (QED) is 0.602. The number of para-hydroxylation sites is 1. The lowest BCUT2D eigenvalue weighted by Crippen LogP contribution is -2.29. The Kier molecular flexibility index (Phi) is 4.36. The maximum atomic E-state index is 13.4. The van der Waals surface area contributed by atoms with E-state index >= 15 is 0 Å². The van der Waals surface area contributed by atoms with Crippen LogP contribution in [0.3, 0.4) is 0 Å². The number of hydrogen-bond acceptors (Lipinski definition) is 4. The standard InChI is InChI=1S/C20H18N4OS/c1-14(21)19-22-23-13-12-17(26-16-10-6-3-7-11-16)18(23)20(25)24(19)15-8-4-2-5-9-15/h2-14H,21H2,1H3/t14-/m0/s1. The summed E-state index contributed by atoms with van der Waals surface area (Å²) in [5.74, 6) is 0.528. The van der Waals surface area contributed by atoms with Gasteiger partial charge in [0.1, 0.15) is 5.52 Å². The summed E-state index contributed by atoms with van der Waals surface area (Å²) in [6.07, 6.45) is 1.81. The molecule has 0 unspecified atom stereocenters. The fourth-order valence-electron chi connectivity index (χ4n) is 2.88. The second kappa shape index (κ2) is 6.82. The molecule has 0 bridgehead atoms. The molecule has 0 radical (unpaired) electrons. The molecule has 2 aromatic carbocycles. The van der Waals surface area contributed by atoms with Crippen molar-refractivity contribution in [2.45, 2.75) is 22.8 Å². The van der Waals surface area contributed by atoms with Gasteiger partial charge in [0.15, 0.2) is 5.82 Å².